The zero-order valence-electron chi connectivity index (χ0n) is 14.3. The van der Waals surface area contributed by atoms with Crippen LogP contribution in [0.3, 0.4) is 0 Å². The lowest BCUT2D eigenvalue weighted by molar-refractivity contribution is -0.135. The lowest BCUT2D eigenvalue weighted by atomic mass is 9.86. The van der Waals surface area contributed by atoms with E-state index in [2.05, 4.69) is 50.4 Å². The number of hydrogen-bond donors (Lipinski definition) is 1. The number of benzene rings is 1. The fourth-order valence-corrected chi connectivity index (χ4v) is 3.58. The highest BCUT2D eigenvalue weighted by Gasteiger charge is 2.36. The number of likely N-dealkylation sites (tertiary alicyclic amines) is 1. The standard InChI is InChI=1S/C19H26N2O2/c1-19(2,3)14-8-6-13(7-9-14)16-5-4-12-21(16)18(23)15-10-11-17(22)20-15/h6-9,15-16H,4-5,10-12H2,1-3H3,(H,20,22). The Morgan fingerprint density at radius 1 is 1.17 bits per heavy atom. The first kappa shape index (κ1) is 16.0. The van der Waals surface area contributed by atoms with Gasteiger partial charge in [0.1, 0.15) is 6.04 Å². The Bertz CT molecular complexity index is 601. The van der Waals surface area contributed by atoms with E-state index in [1.165, 1.54) is 11.1 Å². The van der Waals surface area contributed by atoms with E-state index >= 15 is 0 Å². The first-order chi connectivity index (χ1) is 10.9. The Morgan fingerprint density at radius 2 is 1.87 bits per heavy atom. The molecule has 23 heavy (non-hydrogen) atoms. The first-order valence-electron chi connectivity index (χ1n) is 8.56. The van der Waals surface area contributed by atoms with Gasteiger partial charge in [0, 0.05) is 13.0 Å². The topological polar surface area (TPSA) is 49.4 Å². The minimum Gasteiger partial charge on any atom is -0.344 e. The molecule has 124 valence electrons. The molecular formula is C19H26N2O2. The van der Waals surface area contributed by atoms with Gasteiger partial charge < -0.3 is 10.2 Å². The Kier molecular flexibility index (Phi) is 4.17. The van der Waals surface area contributed by atoms with Crippen LogP contribution in [0.25, 0.3) is 0 Å². The van der Waals surface area contributed by atoms with Gasteiger partial charge in [0.2, 0.25) is 11.8 Å². The number of amides is 2. The van der Waals surface area contributed by atoms with E-state index in [1.807, 2.05) is 4.90 Å². The SMILES string of the molecule is CC(C)(C)c1ccc(C2CCCN2C(=O)C2CCC(=O)N2)cc1. The van der Waals surface area contributed by atoms with Crippen LogP contribution in [-0.4, -0.2) is 29.3 Å². The van der Waals surface area contributed by atoms with Gasteiger partial charge in [-0.05, 0) is 35.8 Å². The molecule has 4 heteroatoms. The summed E-state index contributed by atoms with van der Waals surface area (Å²) < 4.78 is 0. The molecule has 0 aliphatic carbocycles. The fourth-order valence-electron chi connectivity index (χ4n) is 3.58. The van der Waals surface area contributed by atoms with Gasteiger partial charge >= 0.3 is 0 Å². The van der Waals surface area contributed by atoms with E-state index in [9.17, 15) is 9.59 Å². The van der Waals surface area contributed by atoms with E-state index in [-0.39, 0.29) is 29.3 Å². The maximum Gasteiger partial charge on any atom is 0.245 e. The van der Waals surface area contributed by atoms with Crippen LogP contribution in [0.4, 0.5) is 0 Å². The van der Waals surface area contributed by atoms with Crippen LogP contribution < -0.4 is 5.32 Å². The molecule has 0 saturated carbocycles. The molecule has 0 aromatic heterocycles. The molecule has 4 nitrogen and oxygen atoms in total. The Morgan fingerprint density at radius 3 is 2.43 bits per heavy atom. The van der Waals surface area contributed by atoms with Crippen molar-refractivity contribution in [3.05, 3.63) is 35.4 Å². The Balaban J connectivity index is 1.76. The first-order valence-corrected chi connectivity index (χ1v) is 8.56. The van der Waals surface area contributed by atoms with Gasteiger partial charge in [0.05, 0.1) is 6.04 Å². The van der Waals surface area contributed by atoms with Gasteiger partial charge in [0.25, 0.3) is 0 Å². The van der Waals surface area contributed by atoms with Gasteiger partial charge in [-0.25, -0.2) is 0 Å². The molecule has 0 radical (unpaired) electrons. The van der Waals surface area contributed by atoms with Gasteiger partial charge in [-0.2, -0.15) is 0 Å². The minimum absolute atomic E-state index is 0.00590. The van der Waals surface area contributed by atoms with Crippen LogP contribution in [0.1, 0.15) is 63.6 Å². The zero-order chi connectivity index (χ0) is 16.6. The average Bonchev–Trinajstić information content (AvgIpc) is 3.14. The van der Waals surface area contributed by atoms with Crippen molar-refractivity contribution >= 4 is 11.8 Å². The monoisotopic (exact) mass is 314 g/mol. The molecule has 3 rings (SSSR count). The number of nitrogens with one attached hydrogen (secondary N) is 1. The summed E-state index contributed by atoms with van der Waals surface area (Å²) in [5.74, 6) is 0.0758. The molecule has 2 aliphatic heterocycles. The quantitative estimate of drug-likeness (QED) is 0.912. The van der Waals surface area contributed by atoms with Crippen LogP contribution in [-0.2, 0) is 15.0 Å². The van der Waals surface area contributed by atoms with Crippen molar-refractivity contribution in [2.45, 2.75) is 64.0 Å². The van der Waals surface area contributed by atoms with Gasteiger partial charge in [-0.15, -0.1) is 0 Å². The normalized spacial score (nSPS) is 24.8. The average molecular weight is 314 g/mol. The second kappa shape index (κ2) is 5.99. The summed E-state index contributed by atoms with van der Waals surface area (Å²) in [5, 5.41) is 2.80. The summed E-state index contributed by atoms with van der Waals surface area (Å²) in [4.78, 5) is 26.0. The summed E-state index contributed by atoms with van der Waals surface area (Å²) in [6.07, 6.45) is 3.12. The third-order valence-corrected chi connectivity index (χ3v) is 4.99. The highest BCUT2D eigenvalue weighted by Crippen LogP contribution is 2.34. The van der Waals surface area contributed by atoms with Crippen molar-refractivity contribution in [2.75, 3.05) is 6.54 Å². The molecule has 2 aliphatic rings. The predicted octanol–water partition coefficient (Wildman–Crippen LogP) is 2.93. The van der Waals surface area contributed by atoms with Crippen molar-refractivity contribution in [1.29, 1.82) is 0 Å². The Labute approximate surface area is 138 Å². The Hall–Kier alpha value is -1.84. The molecule has 2 atom stereocenters. The molecule has 1 aromatic carbocycles. The predicted molar refractivity (Wildman–Crippen MR) is 90.0 cm³/mol. The summed E-state index contributed by atoms with van der Waals surface area (Å²) in [6.45, 7) is 7.40. The van der Waals surface area contributed by atoms with Crippen molar-refractivity contribution in [3.63, 3.8) is 0 Å². The van der Waals surface area contributed by atoms with Crippen LogP contribution in [0, 0.1) is 0 Å². The largest absolute Gasteiger partial charge is 0.344 e. The molecule has 2 amide bonds. The summed E-state index contributed by atoms with van der Waals surface area (Å²) in [5.41, 5.74) is 2.64. The third kappa shape index (κ3) is 3.26. The summed E-state index contributed by atoms with van der Waals surface area (Å²) in [6, 6.07) is 8.49. The maximum atomic E-state index is 12.7. The smallest absolute Gasteiger partial charge is 0.245 e. The van der Waals surface area contributed by atoms with Crippen LogP contribution in [0.15, 0.2) is 24.3 Å². The van der Waals surface area contributed by atoms with Crippen molar-refractivity contribution in [3.8, 4) is 0 Å². The summed E-state index contributed by atoms with van der Waals surface area (Å²) in [7, 11) is 0. The number of rotatable bonds is 2. The number of carbonyl (C=O) groups excluding carboxylic acids is 2. The van der Waals surface area contributed by atoms with E-state index in [0.717, 1.165) is 19.4 Å². The van der Waals surface area contributed by atoms with Gasteiger partial charge in [0.15, 0.2) is 0 Å². The number of carbonyl (C=O) groups is 2. The zero-order valence-corrected chi connectivity index (χ0v) is 14.3. The highest BCUT2D eigenvalue weighted by molar-refractivity contribution is 5.91. The molecular weight excluding hydrogens is 288 g/mol. The minimum atomic E-state index is -0.322. The van der Waals surface area contributed by atoms with Crippen LogP contribution >= 0.6 is 0 Å². The molecule has 0 spiro atoms. The maximum absolute atomic E-state index is 12.7. The van der Waals surface area contributed by atoms with E-state index < -0.39 is 0 Å². The molecule has 2 unspecified atom stereocenters. The third-order valence-electron chi connectivity index (χ3n) is 4.99. The number of nitrogens with zero attached hydrogens (tertiary/aromatic N) is 1. The van der Waals surface area contributed by atoms with Crippen molar-refractivity contribution in [1.82, 2.24) is 10.2 Å². The molecule has 0 bridgehead atoms. The lowest BCUT2D eigenvalue weighted by Gasteiger charge is -2.28. The summed E-state index contributed by atoms with van der Waals surface area (Å²) >= 11 is 0. The molecule has 2 heterocycles. The van der Waals surface area contributed by atoms with E-state index in [1.54, 1.807) is 0 Å². The van der Waals surface area contributed by atoms with Crippen molar-refractivity contribution in [2.24, 2.45) is 0 Å². The van der Waals surface area contributed by atoms with Gasteiger partial charge in [-0.3, -0.25) is 9.59 Å². The highest BCUT2D eigenvalue weighted by atomic mass is 16.2. The van der Waals surface area contributed by atoms with Crippen LogP contribution in [0.2, 0.25) is 0 Å². The van der Waals surface area contributed by atoms with E-state index in [4.69, 9.17) is 0 Å². The fraction of sp³-hybridized carbons (Fsp3) is 0.579. The molecule has 2 fully saturated rings. The molecule has 1 N–H and O–H groups in total. The van der Waals surface area contributed by atoms with E-state index in [0.29, 0.717) is 12.8 Å². The number of hydrogen-bond acceptors (Lipinski definition) is 2. The van der Waals surface area contributed by atoms with Gasteiger partial charge in [-0.1, -0.05) is 45.0 Å². The second-order valence-electron chi connectivity index (χ2n) is 7.72. The van der Waals surface area contributed by atoms with Crippen LogP contribution in [0.5, 0.6) is 0 Å². The molecule has 1 aromatic rings. The van der Waals surface area contributed by atoms with Crippen molar-refractivity contribution < 1.29 is 9.59 Å². The molecule has 2 saturated heterocycles. The second-order valence-corrected chi connectivity index (χ2v) is 7.72. The lowest BCUT2D eigenvalue weighted by Crippen LogP contribution is -2.44.